The number of H-pyrrole nitrogens is 1. The second-order valence-corrected chi connectivity index (χ2v) is 6.79. The zero-order chi connectivity index (χ0) is 21.1. The van der Waals surface area contributed by atoms with Gasteiger partial charge in [0.25, 0.3) is 11.0 Å². The number of hydrogen-bond acceptors (Lipinski definition) is 7. The standard InChI is InChI=1S/C19H28N4O6/c1-14(13-24)12-20-6-2-8-28-16-4-5-17-15(10-16)11-18(22-17)19(25)21-7-3-9-29-23(26)27/h4-5,10-11,14,20,22,24H,2-3,6-9,12-13H2,1H3,(H,21,25). The van der Waals surface area contributed by atoms with Gasteiger partial charge in [0.1, 0.15) is 11.4 Å². The molecule has 1 aromatic heterocycles. The minimum absolute atomic E-state index is 0.0589. The van der Waals surface area contributed by atoms with Gasteiger partial charge in [-0.05, 0) is 56.1 Å². The topological polar surface area (TPSA) is 139 Å². The Morgan fingerprint density at radius 2 is 2.07 bits per heavy atom. The van der Waals surface area contributed by atoms with Crippen molar-refractivity contribution in [1.82, 2.24) is 15.6 Å². The number of carbonyl (C=O) groups excluding carboxylic acids is 1. The van der Waals surface area contributed by atoms with Crippen LogP contribution in [-0.2, 0) is 4.84 Å². The number of fused-ring (bicyclic) bond motifs is 1. The number of nitrogens with zero attached hydrogens (tertiary/aromatic N) is 1. The molecule has 1 amide bonds. The summed E-state index contributed by atoms with van der Waals surface area (Å²) in [4.78, 5) is 29.5. The Morgan fingerprint density at radius 1 is 1.28 bits per heavy atom. The molecule has 1 aromatic carbocycles. The van der Waals surface area contributed by atoms with E-state index in [0.29, 0.717) is 18.7 Å². The predicted molar refractivity (Wildman–Crippen MR) is 107 cm³/mol. The van der Waals surface area contributed by atoms with Crippen LogP contribution >= 0.6 is 0 Å². The first kappa shape index (κ1) is 22.4. The first-order valence-corrected chi connectivity index (χ1v) is 9.62. The molecule has 0 radical (unpaired) electrons. The van der Waals surface area contributed by atoms with Crippen LogP contribution in [0.25, 0.3) is 10.9 Å². The third-order valence-corrected chi connectivity index (χ3v) is 4.21. The summed E-state index contributed by atoms with van der Waals surface area (Å²) in [6.45, 7) is 4.53. The molecule has 1 atom stereocenters. The number of carbonyl (C=O) groups is 1. The molecule has 1 heterocycles. The number of aromatic amines is 1. The molecule has 0 aliphatic rings. The van der Waals surface area contributed by atoms with Crippen LogP contribution in [0.2, 0.25) is 0 Å². The molecule has 2 rings (SSSR count). The smallest absolute Gasteiger partial charge is 0.294 e. The molecule has 0 aliphatic carbocycles. The fourth-order valence-corrected chi connectivity index (χ4v) is 2.63. The molecule has 160 valence electrons. The Balaban J connectivity index is 1.75. The highest BCUT2D eigenvalue weighted by Gasteiger charge is 2.10. The lowest BCUT2D eigenvalue weighted by atomic mass is 10.2. The summed E-state index contributed by atoms with van der Waals surface area (Å²) in [5.41, 5.74) is 1.23. The zero-order valence-electron chi connectivity index (χ0n) is 16.5. The van der Waals surface area contributed by atoms with E-state index < -0.39 is 5.09 Å². The van der Waals surface area contributed by atoms with Gasteiger partial charge in [0.05, 0.1) is 13.2 Å². The van der Waals surface area contributed by atoms with E-state index in [4.69, 9.17) is 9.84 Å². The van der Waals surface area contributed by atoms with Gasteiger partial charge in [0.15, 0.2) is 0 Å². The van der Waals surface area contributed by atoms with Gasteiger partial charge in [0, 0.05) is 24.1 Å². The van der Waals surface area contributed by atoms with Crippen molar-refractivity contribution in [3.05, 3.63) is 40.1 Å². The number of hydrogen-bond donors (Lipinski definition) is 4. The number of amides is 1. The van der Waals surface area contributed by atoms with Crippen molar-refractivity contribution in [3.63, 3.8) is 0 Å². The van der Waals surface area contributed by atoms with E-state index >= 15 is 0 Å². The first-order chi connectivity index (χ1) is 14.0. The fraction of sp³-hybridized carbons (Fsp3) is 0.526. The number of aromatic nitrogens is 1. The van der Waals surface area contributed by atoms with E-state index in [1.165, 1.54) is 0 Å². The lowest BCUT2D eigenvalue weighted by Crippen LogP contribution is -2.25. The first-order valence-electron chi connectivity index (χ1n) is 9.62. The van der Waals surface area contributed by atoms with E-state index in [1.807, 2.05) is 25.1 Å². The lowest BCUT2D eigenvalue weighted by Gasteiger charge is -2.10. The largest absolute Gasteiger partial charge is 0.494 e. The van der Waals surface area contributed by atoms with Crippen LogP contribution in [0.5, 0.6) is 5.75 Å². The number of nitrogens with one attached hydrogen (secondary N) is 3. The highest BCUT2D eigenvalue weighted by molar-refractivity contribution is 5.98. The maximum Gasteiger partial charge on any atom is 0.294 e. The number of rotatable bonds is 14. The summed E-state index contributed by atoms with van der Waals surface area (Å²) in [7, 11) is 0. The van der Waals surface area contributed by atoms with Crippen LogP contribution in [-0.4, -0.2) is 60.5 Å². The highest BCUT2D eigenvalue weighted by atomic mass is 16.9. The van der Waals surface area contributed by atoms with Gasteiger partial charge in [-0.2, -0.15) is 0 Å². The molecule has 0 saturated heterocycles. The molecule has 0 aliphatic heterocycles. The average Bonchev–Trinajstić information content (AvgIpc) is 3.13. The van der Waals surface area contributed by atoms with Crippen molar-refractivity contribution in [2.75, 3.05) is 39.5 Å². The van der Waals surface area contributed by atoms with Gasteiger partial charge < -0.3 is 30.3 Å². The van der Waals surface area contributed by atoms with Gasteiger partial charge in [-0.3, -0.25) is 4.79 Å². The lowest BCUT2D eigenvalue weighted by molar-refractivity contribution is -0.757. The number of aliphatic hydroxyl groups excluding tert-OH is 1. The van der Waals surface area contributed by atoms with E-state index in [1.54, 1.807) is 6.07 Å². The monoisotopic (exact) mass is 408 g/mol. The van der Waals surface area contributed by atoms with Crippen molar-refractivity contribution in [2.24, 2.45) is 5.92 Å². The summed E-state index contributed by atoms with van der Waals surface area (Å²) in [6, 6.07) is 7.31. The van der Waals surface area contributed by atoms with E-state index in [0.717, 1.165) is 36.2 Å². The van der Waals surface area contributed by atoms with Crippen molar-refractivity contribution in [3.8, 4) is 5.75 Å². The molecule has 2 aromatic rings. The summed E-state index contributed by atoms with van der Waals surface area (Å²) < 4.78 is 5.76. The summed E-state index contributed by atoms with van der Waals surface area (Å²) in [5, 5.41) is 25.0. The SMILES string of the molecule is CC(CO)CNCCCOc1ccc2[nH]c(C(=O)NCCCO[N+](=O)[O-])cc2c1. The van der Waals surface area contributed by atoms with Gasteiger partial charge in [-0.25, -0.2) is 0 Å². The van der Waals surface area contributed by atoms with Crippen LogP contribution in [0.4, 0.5) is 0 Å². The quantitative estimate of drug-likeness (QED) is 0.211. The normalized spacial score (nSPS) is 11.9. The summed E-state index contributed by atoms with van der Waals surface area (Å²) in [5.74, 6) is 0.685. The van der Waals surface area contributed by atoms with Crippen molar-refractivity contribution in [1.29, 1.82) is 0 Å². The number of aliphatic hydroxyl groups is 1. The molecular formula is C19H28N4O6. The Labute approximate surface area is 168 Å². The second-order valence-electron chi connectivity index (χ2n) is 6.79. The minimum Gasteiger partial charge on any atom is -0.494 e. The average molecular weight is 408 g/mol. The Bertz CT molecular complexity index is 794. The Kier molecular flexibility index (Phi) is 9.19. The van der Waals surface area contributed by atoms with Crippen molar-refractivity contribution < 1.29 is 24.6 Å². The number of ether oxygens (including phenoxy) is 1. The molecule has 1 unspecified atom stereocenters. The molecule has 4 N–H and O–H groups in total. The fourth-order valence-electron chi connectivity index (χ4n) is 2.63. The van der Waals surface area contributed by atoms with E-state index in [9.17, 15) is 14.9 Å². The molecular weight excluding hydrogens is 380 g/mol. The maximum absolute atomic E-state index is 12.2. The maximum atomic E-state index is 12.2. The van der Waals surface area contributed by atoms with E-state index in [-0.39, 0.29) is 31.6 Å². The summed E-state index contributed by atoms with van der Waals surface area (Å²) >= 11 is 0. The molecule has 0 saturated carbocycles. The Morgan fingerprint density at radius 3 is 2.83 bits per heavy atom. The van der Waals surface area contributed by atoms with Gasteiger partial charge in [0.2, 0.25) is 0 Å². The highest BCUT2D eigenvalue weighted by Crippen LogP contribution is 2.22. The van der Waals surface area contributed by atoms with Gasteiger partial charge in [-0.1, -0.05) is 6.92 Å². The minimum atomic E-state index is -0.854. The second kappa shape index (κ2) is 11.9. The molecule has 10 nitrogen and oxygen atoms in total. The molecule has 0 spiro atoms. The molecule has 0 fully saturated rings. The van der Waals surface area contributed by atoms with Crippen LogP contribution < -0.4 is 15.4 Å². The third kappa shape index (κ3) is 7.96. The third-order valence-electron chi connectivity index (χ3n) is 4.21. The van der Waals surface area contributed by atoms with Crippen LogP contribution in [0.15, 0.2) is 24.3 Å². The van der Waals surface area contributed by atoms with Crippen LogP contribution in [0.3, 0.4) is 0 Å². The van der Waals surface area contributed by atoms with Crippen molar-refractivity contribution >= 4 is 16.8 Å². The molecule has 10 heteroatoms. The molecule has 29 heavy (non-hydrogen) atoms. The zero-order valence-corrected chi connectivity index (χ0v) is 16.5. The van der Waals surface area contributed by atoms with E-state index in [2.05, 4.69) is 20.5 Å². The molecule has 0 bridgehead atoms. The van der Waals surface area contributed by atoms with Gasteiger partial charge >= 0.3 is 0 Å². The van der Waals surface area contributed by atoms with Crippen molar-refractivity contribution in [2.45, 2.75) is 19.8 Å². The van der Waals surface area contributed by atoms with Crippen LogP contribution in [0.1, 0.15) is 30.3 Å². The van der Waals surface area contributed by atoms with Crippen LogP contribution in [0, 0.1) is 16.0 Å². The predicted octanol–water partition coefficient (Wildman–Crippen LogP) is 1.48. The Hall–Kier alpha value is -2.85. The number of benzene rings is 1. The summed E-state index contributed by atoms with van der Waals surface area (Å²) in [6.07, 6.45) is 1.19. The van der Waals surface area contributed by atoms with Gasteiger partial charge in [-0.15, -0.1) is 10.1 Å².